The minimum atomic E-state index is -0.819. The van der Waals surface area contributed by atoms with E-state index < -0.39 is 11.5 Å². The number of aliphatic carboxylic acids is 1. The number of nitrogens with zero attached hydrogens (tertiary/aromatic N) is 1. The van der Waals surface area contributed by atoms with Gasteiger partial charge in [-0.2, -0.15) is 0 Å². The van der Waals surface area contributed by atoms with Crippen molar-refractivity contribution in [2.75, 3.05) is 7.05 Å². The number of likely N-dealkylation sites (N-methyl/N-ethyl adjacent to an activating group) is 1. The predicted molar refractivity (Wildman–Crippen MR) is 39.2 cm³/mol. The van der Waals surface area contributed by atoms with Crippen LogP contribution in [0.15, 0.2) is 0 Å². The Balaban J connectivity index is 4.19. The van der Waals surface area contributed by atoms with Crippen molar-refractivity contribution in [3.63, 3.8) is 0 Å². The van der Waals surface area contributed by atoms with E-state index >= 15 is 0 Å². The molecule has 0 saturated heterocycles. The minimum Gasteiger partial charge on any atom is -0.480 e. The summed E-state index contributed by atoms with van der Waals surface area (Å²) in [7, 11) is 4.03. The Morgan fingerprint density at radius 3 is 2.00 bits per heavy atom. The zero-order valence-corrected chi connectivity index (χ0v) is 7.03. The molecule has 0 aliphatic rings. The molecule has 0 aromatic rings. The van der Waals surface area contributed by atoms with Crippen LogP contribution in [0.1, 0.15) is 13.8 Å². The quantitative estimate of drug-likeness (QED) is 0.583. The second-order valence-electron chi connectivity index (χ2n) is 2.48. The Labute approximate surface area is 57.3 Å². The van der Waals surface area contributed by atoms with Crippen LogP contribution in [-0.4, -0.2) is 28.3 Å². The van der Waals surface area contributed by atoms with Crippen molar-refractivity contribution >= 4 is 15.4 Å². The second kappa shape index (κ2) is 2.63. The smallest absolute Gasteiger partial charge is 0.323 e. The van der Waals surface area contributed by atoms with Crippen molar-refractivity contribution in [3.05, 3.63) is 0 Å². The van der Waals surface area contributed by atoms with Crippen LogP contribution in [0.3, 0.4) is 0 Å². The van der Waals surface area contributed by atoms with E-state index in [-0.39, 0.29) is 0 Å². The van der Waals surface area contributed by atoms with Crippen LogP contribution in [0, 0.1) is 0 Å². The van der Waals surface area contributed by atoms with Gasteiger partial charge in [0.1, 0.15) is 5.54 Å². The highest BCUT2D eigenvalue weighted by Crippen LogP contribution is 2.15. The van der Waals surface area contributed by atoms with Gasteiger partial charge in [-0.05, 0) is 20.9 Å². The normalized spacial score (nSPS) is 12.1. The first-order valence-electron chi connectivity index (χ1n) is 2.61. The number of carboxylic acid groups (broad SMARTS) is 1. The SMILES string of the molecule is CN(P)C(C)(C)C(=O)O. The van der Waals surface area contributed by atoms with Gasteiger partial charge >= 0.3 is 5.97 Å². The van der Waals surface area contributed by atoms with E-state index in [1.807, 2.05) is 0 Å². The molecule has 1 N–H and O–H groups in total. The molecule has 0 amide bonds. The van der Waals surface area contributed by atoms with Crippen LogP contribution in [0.5, 0.6) is 0 Å². The molecule has 1 atom stereocenters. The topological polar surface area (TPSA) is 40.5 Å². The highest BCUT2D eigenvalue weighted by Gasteiger charge is 2.29. The lowest BCUT2D eigenvalue weighted by molar-refractivity contribution is -0.145. The monoisotopic (exact) mass is 149 g/mol. The molecule has 0 saturated carbocycles. The Bertz CT molecular complexity index is 122. The van der Waals surface area contributed by atoms with Gasteiger partial charge in [-0.3, -0.25) is 9.46 Å². The number of carboxylic acids is 1. The molecule has 54 valence electrons. The van der Waals surface area contributed by atoms with Crippen molar-refractivity contribution < 1.29 is 9.90 Å². The molecule has 0 radical (unpaired) electrons. The fourth-order valence-electron chi connectivity index (χ4n) is 0.151. The molecule has 9 heavy (non-hydrogen) atoms. The molecule has 4 heteroatoms. The average molecular weight is 149 g/mol. The van der Waals surface area contributed by atoms with Crippen LogP contribution in [0.2, 0.25) is 0 Å². The summed E-state index contributed by atoms with van der Waals surface area (Å²) in [6.07, 6.45) is 0. The van der Waals surface area contributed by atoms with Crippen molar-refractivity contribution in [2.45, 2.75) is 19.4 Å². The first-order chi connectivity index (χ1) is 3.89. The molecule has 0 aliphatic carbocycles. The predicted octanol–water partition coefficient (Wildman–Crippen LogP) is 0.571. The summed E-state index contributed by atoms with van der Waals surface area (Å²) in [6, 6.07) is 0. The molecule has 0 rings (SSSR count). The summed E-state index contributed by atoms with van der Waals surface area (Å²) in [6.45, 7) is 3.28. The molecule has 0 spiro atoms. The van der Waals surface area contributed by atoms with Crippen LogP contribution in [0.25, 0.3) is 0 Å². The van der Waals surface area contributed by atoms with E-state index in [1.165, 1.54) is 0 Å². The lowest BCUT2D eigenvalue weighted by Gasteiger charge is -2.26. The summed E-state index contributed by atoms with van der Waals surface area (Å²) in [5.74, 6) is -0.819. The Morgan fingerprint density at radius 2 is 2.00 bits per heavy atom. The maximum atomic E-state index is 10.4. The standard InChI is InChI=1S/C5H12NO2P/c1-5(2,4(7)8)6(3)9/h9H2,1-3H3,(H,7,8). The van der Waals surface area contributed by atoms with Crippen molar-refractivity contribution in [2.24, 2.45) is 0 Å². The Hall–Kier alpha value is -0.140. The molecule has 0 bridgehead atoms. The van der Waals surface area contributed by atoms with Gasteiger partial charge in [0.15, 0.2) is 0 Å². The van der Waals surface area contributed by atoms with Crippen molar-refractivity contribution in [3.8, 4) is 0 Å². The number of carbonyl (C=O) groups is 1. The van der Waals surface area contributed by atoms with E-state index in [9.17, 15) is 4.79 Å². The van der Waals surface area contributed by atoms with E-state index in [0.717, 1.165) is 0 Å². The summed E-state index contributed by atoms with van der Waals surface area (Å²) < 4.78 is 1.58. The first-order valence-corrected chi connectivity index (χ1v) is 3.12. The van der Waals surface area contributed by atoms with E-state index in [4.69, 9.17) is 5.11 Å². The number of rotatable bonds is 2. The Morgan fingerprint density at radius 1 is 1.67 bits per heavy atom. The summed E-state index contributed by atoms with van der Waals surface area (Å²) >= 11 is 0. The zero-order chi connectivity index (χ0) is 7.65. The summed E-state index contributed by atoms with van der Waals surface area (Å²) in [4.78, 5) is 10.4. The lowest BCUT2D eigenvalue weighted by atomic mass is 10.1. The third-order valence-electron chi connectivity index (χ3n) is 1.41. The largest absolute Gasteiger partial charge is 0.480 e. The molecule has 0 aromatic carbocycles. The molecule has 0 heterocycles. The van der Waals surface area contributed by atoms with Crippen LogP contribution < -0.4 is 0 Å². The van der Waals surface area contributed by atoms with Gasteiger partial charge in [-0.15, -0.1) is 0 Å². The molecule has 0 fully saturated rings. The van der Waals surface area contributed by atoms with Crippen LogP contribution >= 0.6 is 9.39 Å². The van der Waals surface area contributed by atoms with Gasteiger partial charge in [0.25, 0.3) is 0 Å². The van der Waals surface area contributed by atoms with E-state index in [1.54, 1.807) is 25.6 Å². The van der Waals surface area contributed by atoms with Gasteiger partial charge < -0.3 is 5.11 Å². The number of hydrogen-bond acceptors (Lipinski definition) is 2. The van der Waals surface area contributed by atoms with Gasteiger partial charge in [-0.1, -0.05) is 9.39 Å². The van der Waals surface area contributed by atoms with Crippen molar-refractivity contribution in [1.82, 2.24) is 4.67 Å². The highest BCUT2D eigenvalue weighted by atomic mass is 31.0. The fraction of sp³-hybridized carbons (Fsp3) is 0.800. The maximum Gasteiger partial charge on any atom is 0.323 e. The van der Waals surface area contributed by atoms with Gasteiger partial charge in [0.2, 0.25) is 0 Å². The molecular weight excluding hydrogens is 137 g/mol. The maximum absolute atomic E-state index is 10.4. The third-order valence-corrected chi connectivity index (χ3v) is 2.05. The average Bonchev–Trinajstić information content (AvgIpc) is 1.65. The summed E-state index contributed by atoms with van der Waals surface area (Å²) in [5.41, 5.74) is -0.787. The summed E-state index contributed by atoms with van der Waals surface area (Å²) in [5, 5.41) is 8.56. The molecule has 0 aromatic heterocycles. The fourth-order valence-corrected chi connectivity index (χ4v) is 0.261. The molecule has 1 unspecified atom stereocenters. The van der Waals surface area contributed by atoms with Gasteiger partial charge in [0.05, 0.1) is 0 Å². The second-order valence-corrected chi connectivity index (χ2v) is 3.25. The molecule has 3 nitrogen and oxygen atoms in total. The van der Waals surface area contributed by atoms with Gasteiger partial charge in [-0.25, -0.2) is 0 Å². The minimum absolute atomic E-state index is 0.787. The molecule has 0 aliphatic heterocycles. The molecular formula is C5H12NO2P. The van der Waals surface area contributed by atoms with Crippen LogP contribution in [0.4, 0.5) is 0 Å². The number of hydrogen-bond donors (Lipinski definition) is 1. The van der Waals surface area contributed by atoms with E-state index in [0.29, 0.717) is 0 Å². The first kappa shape index (κ1) is 8.86. The van der Waals surface area contributed by atoms with Crippen LogP contribution in [-0.2, 0) is 4.79 Å². The van der Waals surface area contributed by atoms with Crippen molar-refractivity contribution in [1.29, 1.82) is 0 Å². The lowest BCUT2D eigenvalue weighted by Crippen LogP contribution is -2.42. The van der Waals surface area contributed by atoms with Gasteiger partial charge in [0, 0.05) is 0 Å². The third kappa shape index (κ3) is 1.92. The highest BCUT2D eigenvalue weighted by molar-refractivity contribution is 7.13. The Kier molecular flexibility index (Phi) is 2.59. The zero-order valence-electron chi connectivity index (χ0n) is 5.88. The van der Waals surface area contributed by atoms with E-state index in [2.05, 4.69) is 9.39 Å².